The van der Waals surface area contributed by atoms with Gasteiger partial charge in [-0.2, -0.15) is 0 Å². The fraction of sp³-hybridized carbons (Fsp3) is 0.429. The molecule has 1 heterocycles. The van der Waals surface area contributed by atoms with Crippen molar-refractivity contribution < 1.29 is 4.79 Å². The summed E-state index contributed by atoms with van der Waals surface area (Å²) in [5.74, 6) is 0.550. The Bertz CT molecular complexity index is 732. The van der Waals surface area contributed by atoms with E-state index in [1.165, 1.54) is 5.56 Å². The molecule has 0 saturated carbocycles. The van der Waals surface area contributed by atoms with Gasteiger partial charge in [-0.1, -0.05) is 44.5 Å². The number of carbonyl (C=O) groups is 1. The summed E-state index contributed by atoms with van der Waals surface area (Å²) < 4.78 is 0. The quantitative estimate of drug-likeness (QED) is 0.458. The average molecular weight is 389 g/mol. The van der Waals surface area contributed by atoms with Crippen molar-refractivity contribution in [2.45, 2.75) is 45.1 Å². The van der Waals surface area contributed by atoms with Gasteiger partial charge in [-0.05, 0) is 54.8 Å². The second kappa shape index (κ2) is 9.09. The lowest BCUT2D eigenvalue weighted by Crippen LogP contribution is -2.48. The van der Waals surface area contributed by atoms with E-state index >= 15 is 0 Å². The van der Waals surface area contributed by atoms with Crippen LogP contribution in [0.3, 0.4) is 0 Å². The predicted octanol–water partition coefficient (Wildman–Crippen LogP) is 3.76. The van der Waals surface area contributed by atoms with Gasteiger partial charge in [0.05, 0.1) is 5.82 Å². The van der Waals surface area contributed by atoms with E-state index in [1.54, 1.807) is 12.2 Å². The van der Waals surface area contributed by atoms with Crippen molar-refractivity contribution in [2.75, 3.05) is 13.1 Å². The number of hydrogen-bond acceptors (Lipinski definition) is 4. The molecule has 0 bridgehead atoms. The molecule has 1 amide bonds. The predicted molar refractivity (Wildman–Crippen MR) is 113 cm³/mol. The van der Waals surface area contributed by atoms with Crippen LogP contribution in [0.15, 0.2) is 52.4 Å². The minimum Gasteiger partial charge on any atom is -0.385 e. The smallest absolute Gasteiger partial charge is 0.251 e. The summed E-state index contributed by atoms with van der Waals surface area (Å²) in [6.07, 6.45) is 5.22. The summed E-state index contributed by atoms with van der Waals surface area (Å²) in [6.45, 7) is 11.3. The van der Waals surface area contributed by atoms with E-state index in [4.69, 9.17) is 17.3 Å². The van der Waals surface area contributed by atoms with E-state index in [-0.39, 0.29) is 17.4 Å². The fourth-order valence-electron chi connectivity index (χ4n) is 3.03. The fourth-order valence-corrected chi connectivity index (χ4v) is 3.10. The highest BCUT2D eigenvalue weighted by Gasteiger charge is 2.22. The average Bonchev–Trinajstić information content (AvgIpc) is 2.65. The number of benzene rings is 1. The molecule has 0 spiro atoms. The van der Waals surface area contributed by atoms with E-state index in [0.29, 0.717) is 23.1 Å². The Hall–Kier alpha value is -2.27. The maximum Gasteiger partial charge on any atom is 0.251 e. The van der Waals surface area contributed by atoms with E-state index < -0.39 is 0 Å². The number of carbonyl (C=O) groups excluding carboxylic acids is 1. The van der Waals surface area contributed by atoms with Crippen LogP contribution in [0, 0.1) is 0 Å². The van der Waals surface area contributed by atoms with Gasteiger partial charge in [0, 0.05) is 24.7 Å². The van der Waals surface area contributed by atoms with Crippen molar-refractivity contribution in [3.05, 3.63) is 58.5 Å². The largest absolute Gasteiger partial charge is 0.385 e. The Morgan fingerprint density at radius 1 is 1.33 bits per heavy atom. The number of piperidine rings is 1. The monoisotopic (exact) mass is 388 g/mol. The zero-order valence-corrected chi connectivity index (χ0v) is 17.1. The maximum absolute atomic E-state index is 12.6. The number of rotatable bonds is 5. The van der Waals surface area contributed by atoms with Crippen molar-refractivity contribution in [2.24, 2.45) is 10.7 Å². The van der Waals surface area contributed by atoms with Crippen molar-refractivity contribution in [1.29, 1.82) is 0 Å². The highest BCUT2D eigenvalue weighted by Crippen LogP contribution is 2.22. The van der Waals surface area contributed by atoms with Gasteiger partial charge in [-0.25, -0.2) is 0 Å². The molecule has 1 aromatic carbocycles. The molecule has 3 N–H and O–H groups in total. The van der Waals surface area contributed by atoms with Gasteiger partial charge < -0.3 is 16.0 Å². The molecule has 0 radical (unpaired) electrons. The normalized spacial score (nSPS) is 19.0. The number of aliphatic imine (C=N–C) groups is 1. The van der Waals surface area contributed by atoms with E-state index in [1.807, 2.05) is 29.2 Å². The first kappa shape index (κ1) is 21.0. The summed E-state index contributed by atoms with van der Waals surface area (Å²) in [5, 5.41) is 3.41. The molecular formula is C21H29ClN4O. The van der Waals surface area contributed by atoms with E-state index in [9.17, 15) is 4.79 Å². The molecule has 6 heteroatoms. The highest BCUT2D eigenvalue weighted by molar-refractivity contribution is 6.29. The minimum atomic E-state index is -0.0522. The number of amides is 1. The van der Waals surface area contributed by atoms with Crippen LogP contribution < -0.4 is 11.1 Å². The van der Waals surface area contributed by atoms with Crippen LogP contribution in [0.5, 0.6) is 0 Å². The molecule has 0 aliphatic carbocycles. The van der Waals surface area contributed by atoms with Gasteiger partial charge in [-0.15, -0.1) is 0 Å². The number of nitrogens with two attached hydrogens (primary N) is 1. The van der Waals surface area contributed by atoms with Gasteiger partial charge in [-0.3, -0.25) is 9.79 Å². The third kappa shape index (κ3) is 6.14. The van der Waals surface area contributed by atoms with Crippen molar-refractivity contribution in [3.8, 4) is 0 Å². The van der Waals surface area contributed by atoms with Crippen LogP contribution in [0.1, 0.15) is 49.5 Å². The molecule has 146 valence electrons. The molecule has 1 saturated heterocycles. The second-order valence-corrected chi connectivity index (χ2v) is 8.21. The van der Waals surface area contributed by atoms with Crippen molar-refractivity contribution >= 4 is 24.2 Å². The first-order chi connectivity index (χ1) is 12.7. The molecule has 27 heavy (non-hydrogen) atoms. The zero-order chi connectivity index (χ0) is 20.0. The lowest BCUT2D eigenvalue weighted by atomic mass is 9.86. The third-order valence-electron chi connectivity index (χ3n) is 4.68. The Morgan fingerprint density at radius 2 is 2.00 bits per heavy atom. The van der Waals surface area contributed by atoms with Crippen LogP contribution in [-0.4, -0.2) is 36.7 Å². The molecule has 1 fully saturated rings. The van der Waals surface area contributed by atoms with Gasteiger partial charge in [0.15, 0.2) is 0 Å². The lowest BCUT2D eigenvalue weighted by molar-refractivity contribution is 0.0913. The van der Waals surface area contributed by atoms with Crippen molar-refractivity contribution in [3.63, 3.8) is 0 Å². The standard InChI is InChI=1S/C21H29ClN4O/c1-21(2,3)16-9-7-15(8-10-16)20(27)25-17-6-5-13-26(14-17)19(23)12-11-18(22)24-4/h7-12,17H,4-6,13-14,23H2,1-3H3,(H,25,27)/b18-11-,19-12+. The number of nitrogens with zero attached hydrogens (tertiary/aromatic N) is 2. The molecule has 1 aliphatic rings. The Balaban J connectivity index is 1.98. The molecule has 2 rings (SSSR count). The molecular weight excluding hydrogens is 360 g/mol. The molecule has 0 aromatic heterocycles. The van der Waals surface area contributed by atoms with Gasteiger partial charge in [0.2, 0.25) is 0 Å². The summed E-state index contributed by atoms with van der Waals surface area (Å²) in [5.41, 5.74) is 8.08. The molecule has 1 unspecified atom stereocenters. The third-order valence-corrected chi connectivity index (χ3v) is 4.92. The van der Waals surface area contributed by atoms with Gasteiger partial charge in [0.1, 0.15) is 5.16 Å². The molecule has 1 atom stereocenters. The van der Waals surface area contributed by atoms with E-state index in [2.05, 4.69) is 37.8 Å². The lowest BCUT2D eigenvalue weighted by Gasteiger charge is -2.34. The Kier molecular flexibility index (Phi) is 7.08. The summed E-state index contributed by atoms with van der Waals surface area (Å²) in [7, 11) is 0. The number of likely N-dealkylation sites (tertiary alicyclic amines) is 1. The van der Waals surface area contributed by atoms with E-state index in [0.717, 1.165) is 19.4 Å². The van der Waals surface area contributed by atoms with Crippen molar-refractivity contribution in [1.82, 2.24) is 10.2 Å². The number of hydrogen-bond donors (Lipinski definition) is 2. The maximum atomic E-state index is 12.6. The SMILES string of the molecule is C=N/C(Cl)=C\C=C(/N)N1CCCC(NC(=O)c2ccc(C(C)(C)C)cc2)C1. The minimum absolute atomic E-state index is 0.0522. The van der Waals surface area contributed by atoms with Crippen LogP contribution in [0.2, 0.25) is 0 Å². The Labute approximate surface area is 167 Å². The molecule has 1 aliphatic heterocycles. The molecule has 5 nitrogen and oxygen atoms in total. The van der Waals surface area contributed by atoms with Crippen LogP contribution >= 0.6 is 11.6 Å². The summed E-state index contributed by atoms with van der Waals surface area (Å²) in [6, 6.07) is 7.87. The topological polar surface area (TPSA) is 70.7 Å². The zero-order valence-electron chi connectivity index (χ0n) is 16.3. The number of allylic oxidation sites excluding steroid dienone is 2. The summed E-state index contributed by atoms with van der Waals surface area (Å²) in [4.78, 5) is 18.2. The number of nitrogens with one attached hydrogen (secondary N) is 1. The summed E-state index contributed by atoms with van der Waals surface area (Å²) >= 11 is 5.81. The van der Waals surface area contributed by atoms with Crippen LogP contribution in [0.4, 0.5) is 0 Å². The number of halogens is 1. The second-order valence-electron chi connectivity index (χ2n) is 7.83. The highest BCUT2D eigenvalue weighted by atomic mass is 35.5. The first-order valence-electron chi connectivity index (χ1n) is 9.16. The Morgan fingerprint density at radius 3 is 2.59 bits per heavy atom. The van der Waals surface area contributed by atoms with Gasteiger partial charge in [0.25, 0.3) is 5.91 Å². The van der Waals surface area contributed by atoms with Gasteiger partial charge >= 0.3 is 0 Å². The van der Waals surface area contributed by atoms with Crippen LogP contribution in [0.25, 0.3) is 0 Å². The first-order valence-corrected chi connectivity index (χ1v) is 9.54. The van der Waals surface area contributed by atoms with Crippen LogP contribution in [-0.2, 0) is 5.41 Å². The molecule has 1 aromatic rings.